The van der Waals surface area contributed by atoms with Crippen LogP contribution in [0.2, 0.25) is 0 Å². The SMILES string of the molecule is N#CC1=C(C#N)C(=O)C(C#N)=C(C#N)C1=O.O=C1C(F)=C(F)C(=O)C(F)=C1F. The summed E-state index contributed by atoms with van der Waals surface area (Å²) in [5.74, 6) is -15.1. The molecule has 0 saturated carbocycles. The average Bonchev–Trinajstić information content (AvgIpc) is 2.70. The van der Waals surface area contributed by atoms with Gasteiger partial charge >= 0.3 is 0 Å². The lowest BCUT2D eigenvalue weighted by Crippen LogP contribution is -2.21. The van der Waals surface area contributed by atoms with E-state index in [0.717, 1.165) is 0 Å². The standard InChI is InChI=1S/C10N4O2.C6F4O2/c11-1-5-6(2-12)10(16)8(4-14)7(3-13)9(5)15;7-1-2(8)6(12)4(10)3(9)5(1)11. The molecule has 136 valence electrons. The van der Waals surface area contributed by atoms with E-state index >= 15 is 0 Å². The van der Waals surface area contributed by atoms with Gasteiger partial charge in [0.2, 0.25) is 34.9 Å². The molecule has 0 aromatic carbocycles. The lowest BCUT2D eigenvalue weighted by atomic mass is 9.86. The first-order valence-corrected chi connectivity index (χ1v) is 6.47. The van der Waals surface area contributed by atoms with E-state index in [1.165, 1.54) is 24.3 Å². The predicted molar refractivity (Wildman–Crippen MR) is 75.0 cm³/mol. The number of carbonyl (C=O) groups is 4. The average molecular weight is 388 g/mol. The Balaban J connectivity index is 0.000000292. The zero-order valence-corrected chi connectivity index (χ0v) is 12.9. The van der Waals surface area contributed by atoms with Crippen LogP contribution in [-0.4, -0.2) is 23.1 Å². The van der Waals surface area contributed by atoms with Crippen LogP contribution in [0.5, 0.6) is 0 Å². The second-order valence-electron chi connectivity index (χ2n) is 4.52. The topological polar surface area (TPSA) is 163 Å². The Morgan fingerprint density at radius 1 is 0.429 bits per heavy atom. The quantitative estimate of drug-likeness (QED) is 0.442. The van der Waals surface area contributed by atoms with Gasteiger partial charge in [-0.1, -0.05) is 0 Å². The van der Waals surface area contributed by atoms with Gasteiger partial charge in [-0.2, -0.15) is 38.6 Å². The summed E-state index contributed by atoms with van der Waals surface area (Å²) in [6.45, 7) is 0. The van der Waals surface area contributed by atoms with Crippen LogP contribution in [0.25, 0.3) is 0 Å². The first-order chi connectivity index (χ1) is 13.1. The molecule has 0 aliphatic heterocycles. The summed E-state index contributed by atoms with van der Waals surface area (Å²) in [5, 5.41) is 34.4. The first kappa shape index (κ1) is 21.4. The lowest BCUT2D eigenvalue weighted by Gasteiger charge is -2.08. The second kappa shape index (κ2) is 8.13. The van der Waals surface area contributed by atoms with Crippen LogP contribution in [0.1, 0.15) is 0 Å². The number of hydrogen-bond acceptors (Lipinski definition) is 8. The summed E-state index contributed by atoms with van der Waals surface area (Å²) in [6, 6.07) is 5.54. The molecule has 0 radical (unpaired) electrons. The van der Waals surface area contributed by atoms with E-state index in [2.05, 4.69) is 0 Å². The van der Waals surface area contributed by atoms with Crippen LogP contribution in [0.4, 0.5) is 17.6 Å². The van der Waals surface area contributed by atoms with Crippen molar-refractivity contribution in [1.29, 1.82) is 21.0 Å². The molecule has 28 heavy (non-hydrogen) atoms. The minimum Gasteiger partial charge on any atom is -0.287 e. The van der Waals surface area contributed by atoms with Crippen molar-refractivity contribution >= 4 is 23.1 Å². The predicted octanol–water partition coefficient (Wildman–Crippen LogP) is 1.27. The number of ketones is 4. The third-order valence-corrected chi connectivity index (χ3v) is 3.04. The largest absolute Gasteiger partial charge is 0.287 e. The molecule has 0 fully saturated rings. The molecule has 0 atom stereocenters. The van der Waals surface area contributed by atoms with Gasteiger partial charge in [0.25, 0.3) is 11.6 Å². The van der Waals surface area contributed by atoms with Crippen molar-refractivity contribution in [2.24, 2.45) is 0 Å². The molecule has 0 heterocycles. The first-order valence-electron chi connectivity index (χ1n) is 6.47. The molecule has 2 rings (SSSR count). The zero-order valence-electron chi connectivity index (χ0n) is 12.9. The van der Waals surface area contributed by atoms with Crippen LogP contribution in [0.3, 0.4) is 0 Å². The summed E-state index contributed by atoms with van der Waals surface area (Å²) in [5.41, 5.74) is -2.77. The highest BCUT2D eigenvalue weighted by molar-refractivity contribution is 6.30. The summed E-state index contributed by atoms with van der Waals surface area (Å²) < 4.78 is 48.6. The highest BCUT2D eigenvalue weighted by atomic mass is 19.2. The van der Waals surface area contributed by atoms with E-state index in [0.29, 0.717) is 0 Å². The van der Waals surface area contributed by atoms with Crippen LogP contribution in [0, 0.1) is 45.3 Å². The van der Waals surface area contributed by atoms with Crippen molar-refractivity contribution in [3.63, 3.8) is 0 Å². The number of Topliss-reactive ketones (excluding diaryl/α,β-unsaturated/α-hetero) is 4. The third-order valence-electron chi connectivity index (χ3n) is 3.04. The Bertz CT molecular complexity index is 989. The van der Waals surface area contributed by atoms with Gasteiger partial charge in [-0.25, -0.2) is 0 Å². The van der Waals surface area contributed by atoms with Crippen LogP contribution >= 0.6 is 0 Å². The minimum absolute atomic E-state index is 0.692. The summed E-state index contributed by atoms with van der Waals surface area (Å²) >= 11 is 0. The summed E-state index contributed by atoms with van der Waals surface area (Å²) in [7, 11) is 0. The van der Waals surface area contributed by atoms with Crippen molar-refractivity contribution in [2.75, 3.05) is 0 Å². The smallest absolute Gasteiger partial charge is 0.256 e. The fraction of sp³-hybridized carbons (Fsp3) is 0. The Hall–Kier alpha value is -4.68. The van der Waals surface area contributed by atoms with E-state index in [1.807, 2.05) is 0 Å². The fourth-order valence-electron chi connectivity index (χ4n) is 1.72. The van der Waals surface area contributed by atoms with E-state index in [9.17, 15) is 36.7 Å². The van der Waals surface area contributed by atoms with Crippen molar-refractivity contribution in [1.82, 2.24) is 0 Å². The molecule has 8 nitrogen and oxygen atoms in total. The van der Waals surface area contributed by atoms with Gasteiger partial charge in [0.15, 0.2) is 0 Å². The molecule has 0 aromatic rings. The van der Waals surface area contributed by atoms with Gasteiger partial charge < -0.3 is 0 Å². The van der Waals surface area contributed by atoms with Gasteiger partial charge in [0, 0.05) is 0 Å². The Morgan fingerprint density at radius 2 is 0.607 bits per heavy atom. The van der Waals surface area contributed by atoms with Crippen LogP contribution < -0.4 is 0 Å². The summed E-state index contributed by atoms with van der Waals surface area (Å²) in [4.78, 5) is 43.3. The van der Waals surface area contributed by atoms with Gasteiger partial charge in [-0.3, -0.25) is 19.2 Å². The molecule has 2 aliphatic rings. The Labute approximate surface area is 151 Å². The Morgan fingerprint density at radius 3 is 0.750 bits per heavy atom. The fourth-order valence-corrected chi connectivity index (χ4v) is 1.72. The van der Waals surface area contributed by atoms with Crippen LogP contribution in [0.15, 0.2) is 45.6 Å². The number of nitrogens with zero attached hydrogens (tertiary/aromatic N) is 4. The molecule has 0 N–H and O–H groups in total. The van der Waals surface area contributed by atoms with Crippen molar-refractivity contribution in [3.8, 4) is 24.3 Å². The summed E-state index contributed by atoms with van der Waals surface area (Å²) in [6.07, 6.45) is 0. The maximum absolute atomic E-state index is 12.1. The molecule has 0 bridgehead atoms. The molecule has 2 aliphatic carbocycles. The molecule has 12 heteroatoms. The highest BCUT2D eigenvalue weighted by Crippen LogP contribution is 2.27. The third kappa shape index (κ3) is 3.34. The van der Waals surface area contributed by atoms with Crippen molar-refractivity contribution in [2.45, 2.75) is 0 Å². The van der Waals surface area contributed by atoms with Gasteiger partial charge in [-0.15, -0.1) is 0 Å². The monoisotopic (exact) mass is 388 g/mol. The molecule has 0 unspecified atom stereocenters. The number of nitriles is 4. The van der Waals surface area contributed by atoms with E-state index < -0.39 is 68.7 Å². The zero-order chi connectivity index (χ0) is 21.8. The minimum atomic E-state index is -2.20. The number of halogens is 4. The highest BCUT2D eigenvalue weighted by Gasteiger charge is 2.37. The normalized spacial score (nSPS) is 16.9. The molecule has 0 spiro atoms. The molecule has 0 saturated heterocycles. The number of allylic oxidation sites excluding steroid dienone is 8. The van der Waals surface area contributed by atoms with E-state index in [-0.39, 0.29) is 0 Å². The molecule has 0 aromatic heterocycles. The number of rotatable bonds is 0. The maximum atomic E-state index is 12.1. The Kier molecular flexibility index (Phi) is 6.20. The van der Waals surface area contributed by atoms with Gasteiger partial charge in [-0.05, 0) is 0 Å². The second-order valence-corrected chi connectivity index (χ2v) is 4.52. The van der Waals surface area contributed by atoms with Crippen molar-refractivity contribution < 1.29 is 36.7 Å². The number of hydrogen-bond donors (Lipinski definition) is 0. The van der Waals surface area contributed by atoms with Crippen LogP contribution in [-0.2, 0) is 19.2 Å². The van der Waals surface area contributed by atoms with Gasteiger partial charge in [0.1, 0.15) is 46.6 Å². The molecular weight excluding hydrogens is 388 g/mol. The van der Waals surface area contributed by atoms with E-state index in [4.69, 9.17) is 21.0 Å². The molecule has 0 amide bonds. The van der Waals surface area contributed by atoms with Crippen molar-refractivity contribution in [3.05, 3.63) is 45.6 Å². The molecular formula is C16F4N4O4. The lowest BCUT2D eigenvalue weighted by molar-refractivity contribution is -0.120. The number of carbonyl (C=O) groups excluding carboxylic acids is 4. The van der Waals surface area contributed by atoms with Gasteiger partial charge in [0.05, 0.1) is 0 Å². The maximum Gasteiger partial charge on any atom is 0.256 e. The van der Waals surface area contributed by atoms with E-state index in [1.54, 1.807) is 0 Å².